The van der Waals surface area contributed by atoms with Gasteiger partial charge in [-0.3, -0.25) is 4.79 Å². The van der Waals surface area contributed by atoms with Crippen LogP contribution in [0.4, 0.5) is 10.8 Å². The van der Waals surface area contributed by atoms with Crippen molar-refractivity contribution in [3.05, 3.63) is 65.7 Å². The second-order valence-electron chi connectivity index (χ2n) is 5.18. The fourth-order valence-corrected chi connectivity index (χ4v) is 3.12. The van der Waals surface area contributed by atoms with E-state index >= 15 is 0 Å². The predicted octanol–water partition coefficient (Wildman–Crippen LogP) is 4.66. The Morgan fingerprint density at radius 2 is 1.79 bits per heavy atom. The molecule has 0 amide bonds. The van der Waals surface area contributed by atoms with Gasteiger partial charge in [0.25, 0.3) is 0 Å². The van der Waals surface area contributed by atoms with E-state index in [1.54, 1.807) is 13.1 Å². The van der Waals surface area contributed by atoms with Gasteiger partial charge in [-0.1, -0.05) is 42.5 Å². The number of anilines is 2. The molecule has 0 saturated heterocycles. The van der Waals surface area contributed by atoms with Crippen molar-refractivity contribution in [1.29, 1.82) is 0 Å². The van der Waals surface area contributed by atoms with Gasteiger partial charge in [-0.2, -0.15) is 0 Å². The molecule has 0 radical (unpaired) electrons. The smallest absolute Gasteiger partial charge is 0.311 e. The highest BCUT2D eigenvalue weighted by atomic mass is 32.1. The summed E-state index contributed by atoms with van der Waals surface area (Å²) in [6.07, 6.45) is 1.97. The van der Waals surface area contributed by atoms with Crippen LogP contribution in [0.5, 0.6) is 0 Å². The number of carbonyl (C=O) groups is 1. The monoisotopic (exact) mass is 338 g/mol. The van der Waals surface area contributed by atoms with Crippen LogP contribution < -0.4 is 5.32 Å². The molecule has 1 heterocycles. The standard InChI is InChI=1S/C19H18N2O2S/c1-2-23-18(22)12-17-13-20-19(24-17)21-16-10-8-15(9-11-16)14-6-4-3-5-7-14/h3-11,13H,2,12H2,1H3,(H,20,21). The van der Waals surface area contributed by atoms with E-state index in [-0.39, 0.29) is 12.4 Å². The lowest BCUT2D eigenvalue weighted by atomic mass is 10.1. The molecule has 0 aliphatic heterocycles. The highest BCUT2D eigenvalue weighted by molar-refractivity contribution is 7.15. The molecule has 0 spiro atoms. The quantitative estimate of drug-likeness (QED) is 0.664. The third-order valence-electron chi connectivity index (χ3n) is 3.42. The Labute approximate surface area is 145 Å². The molecule has 0 aliphatic rings. The van der Waals surface area contributed by atoms with E-state index in [1.165, 1.54) is 22.5 Å². The minimum atomic E-state index is -0.222. The Kier molecular flexibility index (Phi) is 5.23. The second-order valence-corrected chi connectivity index (χ2v) is 6.30. The minimum Gasteiger partial charge on any atom is -0.466 e. The molecule has 0 aliphatic carbocycles. The molecule has 0 atom stereocenters. The first-order valence-corrected chi connectivity index (χ1v) is 8.59. The Bertz CT molecular complexity index is 798. The lowest BCUT2D eigenvalue weighted by Crippen LogP contribution is -2.06. The number of benzene rings is 2. The van der Waals surface area contributed by atoms with Gasteiger partial charge >= 0.3 is 5.97 Å². The SMILES string of the molecule is CCOC(=O)Cc1cnc(Nc2ccc(-c3ccccc3)cc2)s1. The molecular weight excluding hydrogens is 320 g/mol. The maximum atomic E-state index is 11.5. The number of hydrogen-bond acceptors (Lipinski definition) is 5. The zero-order valence-electron chi connectivity index (χ0n) is 13.4. The highest BCUT2D eigenvalue weighted by Crippen LogP contribution is 2.25. The number of ether oxygens (including phenoxy) is 1. The fraction of sp³-hybridized carbons (Fsp3) is 0.158. The van der Waals surface area contributed by atoms with Gasteiger partial charge in [0.2, 0.25) is 0 Å². The second kappa shape index (κ2) is 7.75. The number of hydrogen-bond donors (Lipinski definition) is 1. The van der Waals surface area contributed by atoms with Crippen LogP contribution in [-0.2, 0) is 16.0 Å². The number of nitrogens with one attached hydrogen (secondary N) is 1. The van der Waals surface area contributed by atoms with Gasteiger partial charge in [0.15, 0.2) is 5.13 Å². The van der Waals surface area contributed by atoms with E-state index in [1.807, 2.05) is 30.3 Å². The summed E-state index contributed by atoms with van der Waals surface area (Å²) in [5.41, 5.74) is 3.32. The number of nitrogens with zero attached hydrogens (tertiary/aromatic N) is 1. The molecule has 0 saturated carbocycles. The van der Waals surface area contributed by atoms with Crippen LogP contribution in [0, 0.1) is 0 Å². The third-order valence-corrected chi connectivity index (χ3v) is 4.33. The Hall–Kier alpha value is -2.66. The maximum Gasteiger partial charge on any atom is 0.311 e. The number of esters is 1. The van der Waals surface area contributed by atoms with Crippen molar-refractivity contribution in [3.8, 4) is 11.1 Å². The van der Waals surface area contributed by atoms with Crippen LogP contribution in [-0.4, -0.2) is 17.6 Å². The Morgan fingerprint density at radius 3 is 2.50 bits per heavy atom. The third kappa shape index (κ3) is 4.20. The topological polar surface area (TPSA) is 51.2 Å². The lowest BCUT2D eigenvalue weighted by Gasteiger charge is -2.05. The average molecular weight is 338 g/mol. The van der Waals surface area contributed by atoms with Crippen molar-refractivity contribution in [2.45, 2.75) is 13.3 Å². The molecule has 122 valence electrons. The van der Waals surface area contributed by atoms with Crippen molar-refractivity contribution < 1.29 is 9.53 Å². The minimum absolute atomic E-state index is 0.222. The van der Waals surface area contributed by atoms with Gasteiger partial charge < -0.3 is 10.1 Å². The first-order valence-electron chi connectivity index (χ1n) is 7.77. The summed E-state index contributed by atoms with van der Waals surface area (Å²) in [4.78, 5) is 16.7. The van der Waals surface area contributed by atoms with Gasteiger partial charge in [-0.05, 0) is 30.2 Å². The van der Waals surface area contributed by atoms with Gasteiger partial charge in [0.05, 0.1) is 13.0 Å². The van der Waals surface area contributed by atoms with E-state index < -0.39 is 0 Å². The van der Waals surface area contributed by atoms with Crippen molar-refractivity contribution in [2.24, 2.45) is 0 Å². The molecule has 0 unspecified atom stereocenters. The lowest BCUT2D eigenvalue weighted by molar-refractivity contribution is -0.142. The normalized spacial score (nSPS) is 10.4. The zero-order valence-corrected chi connectivity index (χ0v) is 14.2. The maximum absolute atomic E-state index is 11.5. The fourth-order valence-electron chi connectivity index (χ4n) is 2.30. The van der Waals surface area contributed by atoms with Crippen LogP contribution in [0.1, 0.15) is 11.8 Å². The van der Waals surface area contributed by atoms with E-state index in [4.69, 9.17) is 4.74 Å². The Morgan fingerprint density at radius 1 is 1.08 bits per heavy atom. The number of rotatable bonds is 6. The summed E-state index contributed by atoms with van der Waals surface area (Å²) in [7, 11) is 0. The highest BCUT2D eigenvalue weighted by Gasteiger charge is 2.08. The van der Waals surface area contributed by atoms with Gasteiger partial charge in [-0.25, -0.2) is 4.98 Å². The number of carbonyl (C=O) groups excluding carboxylic acids is 1. The number of aromatic nitrogens is 1. The summed E-state index contributed by atoms with van der Waals surface area (Å²) in [5.74, 6) is -0.222. The molecule has 0 bridgehead atoms. The van der Waals surface area contributed by atoms with Gasteiger partial charge in [-0.15, -0.1) is 11.3 Å². The van der Waals surface area contributed by atoms with Gasteiger partial charge in [0, 0.05) is 16.8 Å². The zero-order chi connectivity index (χ0) is 16.8. The molecule has 1 N–H and O–H groups in total. The van der Waals surface area contributed by atoms with Crippen molar-refractivity contribution in [2.75, 3.05) is 11.9 Å². The average Bonchev–Trinajstić information content (AvgIpc) is 3.03. The van der Waals surface area contributed by atoms with Crippen molar-refractivity contribution >= 4 is 28.1 Å². The van der Waals surface area contributed by atoms with Crippen LogP contribution in [0.25, 0.3) is 11.1 Å². The van der Waals surface area contributed by atoms with E-state index in [9.17, 15) is 4.79 Å². The molecule has 24 heavy (non-hydrogen) atoms. The number of thiazole rings is 1. The summed E-state index contributed by atoms with van der Waals surface area (Å²) in [5, 5.41) is 4.03. The Balaban J connectivity index is 1.64. The molecule has 0 fully saturated rings. The molecule has 5 heteroatoms. The first-order chi connectivity index (χ1) is 11.7. The van der Waals surface area contributed by atoms with Crippen LogP contribution in [0.3, 0.4) is 0 Å². The van der Waals surface area contributed by atoms with Gasteiger partial charge in [0.1, 0.15) is 0 Å². The van der Waals surface area contributed by atoms with Crippen molar-refractivity contribution in [3.63, 3.8) is 0 Å². The molecule has 1 aromatic heterocycles. The molecule has 2 aromatic carbocycles. The van der Waals surface area contributed by atoms with Crippen LogP contribution in [0.15, 0.2) is 60.8 Å². The molecule has 4 nitrogen and oxygen atoms in total. The first kappa shape index (κ1) is 16.2. The largest absolute Gasteiger partial charge is 0.466 e. The van der Waals surface area contributed by atoms with E-state index in [0.717, 1.165) is 15.7 Å². The summed E-state index contributed by atoms with van der Waals surface area (Å²) >= 11 is 1.46. The van der Waals surface area contributed by atoms with E-state index in [0.29, 0.717) is 6.61 Å². The summed E-state index contributed by atoms with van der Waals surface area (Å²) < 4.78 is 4.95. The summed E-state index contributed by atoms with van der Waals surface area (Å²) in [6.45, 7) is 2.20. The van der Waals surface area contributed by atoms with E-state index in [2.05, 4.69) is 34.6 Å². The van der Waals surface area contributed by atoms with Crippen molar-refractivity contribution in [1.82, 2.24) is 4.98 Å². The molecular formula is C19H18N2O2S. The molecule has 3 aromatic rings. The van der Waals surface area contributed by atoms with Crippen LogP contribution >= 0.6 is 11.3 Å². The summed E-state index contributed by atoms with van der Waals surface area (Å²) in [6, 6.07) is 18.4. The predicted molar refractivity (Wildman–Crippen MR) is 97.6 cm³/mol. The molecule has 3 rings (SSSR count). The van der Waals surface area contributed by atoms with Crippen LogP contribution in [0.2, 0.25) is 0 Å².